The molecule has 1 aromatic rings. The first kappa shape index (κ1) is 12.9. The number of rotatable bonds is 1. The highest BCUT2D eigenvalue weighted by Gasteiger charge is 2.34. The van der Waals surface area contributed by atoms with Gasteiger partial charge in [-0.25, -0.2) is 4.79 Å². The summed E-state index contributed by atoms with van der Waals surface area (Å²) in [6.07, 6.45) is 0.546. The van der Waals surface area contributed by atoms with Gasteiger partial charge >= 0.3 is 6.09 Å². The van der Waals surface area contributed by atoms with Gasteiger partial charge < -0.3 is 9.84 Å². The van der Waals surface area contributed by atoms with Crippen LogP contribution in [0.5, 0.6) is 0 Å². The molecular formula is C14H19NO3. The van der Waals surface area contributed by atoms with Crippen LogP contribution in [0.1, 0.15) is 25.0 Å². The van der Waals surface area contributed by atoms with Crippen molar-refractivity contribution in [2.75, 3.05) is 12.0 Å². The number of anilines is 1. The van der Waals surface area contributed by atoms with E-state index >= 15 is 0 Å². The van der Waals surface area contributed by atoms with Crippen LogP contribution in [0.2, 0.25) is 0 Å². The predicted octanol–water partition coefficient (Wildman–Crippen LogP) is 2.13. The molecule has 0 fully saturated rings. The average molecular weight is 249 g/mol. The first-order valence-corrected chi connectivity index (χ1v) is 6.25. The number of aryl methyl sites for hydroxylation is 1. The van der Waals surface area contributed by atoms with Crippen LogP contribution < -0.4 is 4.90 Å². The van der Waals surface area contributed by atoms with E-state index in [4.69, 9.17) is 4.74 Å². The first-order valence-electron chi connectivity index (χ1n) is 6.25. The van der Waals surface area contributed by atoms with Gasteiger partial charge in [0.05, 0.1) is 24.9 Å². The Hall–Kier alpha value is -1.55. The molecule has 0 bridgehead atoms. The summed E-state index contributed by atoms with van der Waals surface area (Å²) >= 11 is 0. The van der Waals surface area contributed by atoms with Gasteiger partial charge in [0.15, 0.2) is 0 Å². The van der Waals surface area contributed by atoms with Crippen LogP contribution in [0.3, 0.4) is 0 Å². The third kappa shape index (κ3) is 2.08. The molecule has 0 saturated carbocycles. The fourth-order valence-corrected chi connectivity index (χ4v) is 2.41. The Morgan fingerprint density at radius 1 is 1.56 bits per heavy atom. The van der Waals surface area contributed by atoms with Crippen LogP contribution >= 0.6 is 0 Å². The number of carbonyl (C=O) groups excluding carboxylic acids is 1. The van der Waals surface area contributed by atoms with Gasteiger partial charge in [-0.3, -0.25) is 4.90 Å². The van der Waals surface area contributed by atoms with Crippen LogP contribution in [0, 0.1) is 0 Å². The van der Waals surface area contributed by atoms with Crippen molar-refractivity contribution in [1.82, 2.24) is 0 Å². The molecule has 1 N–H and O–H groups in total. The number of nitrogens with zero attached hydrogens (tertiary/aromatic N) is 1. The number of ether oxygens (including phenoxy) is 1. The number of carbonyl (C=O) groups is 1. The van der Waals surface area contributed by atoms with Crippen molar-refractivity contribution in [2.24, 2.45) is 0 Å². The van der Waals surface area contributed by atoms with Crippen LogP contribution in [0.25, 0.3) is 0 Å². The molecule has 1 heterocycles. The van der Waals surface area contributed by atoms with Crippen molar-refractivity contribution in [3.8, 4) is 0 Å². The molecule has 18 heavy (non-hydrogen) atoms. The third-order valence-electron chi connectivity index (χ3n) is 3.58. The number of methoxy groups -OCH3 is 1. The molecule has 2 atom stereocenters. The van der Waals surface area contributed by atoms with Crippen molar-refractivity contribution in [1.29, 1.82) is 0 Å². The van der Waals surface area contributed by atoms with E-state index in [2.05, 4.69) is 13.0 Å². The Bertz CT molecular complexity index is 458. The smallest absolute Gasteiger partial charge is 0.414 e. The van der Waals surface area contributed by atoms with Crippen LogP contribution in [-0.2, 0) is 17.6 Å². The number of benzene rings is 1. The molecule has 0 aromatic heterocycles. The van der Waals surface area contributed by atoms with Crippen LogP contribution in [0.4, 0.5) is 10.5 Å². The van der Waals surface area contributed by atoms with Crippen molar-refractivity contribution >= 4 is 11.8 Å². The Kier molecular flexibility index (Phi) is 3.57. The zero-order valence-corrected chi connectivity index (χ0v) is 11.0. The van der Waals surface area contributed by atoms with Crippen molar-refractivity contribution in [2.45, 2.75) is 38.8 Å². The van der Waals surface area contributed by atoms with E-state index in [1.807, 2.05) is 19.1 Å². The summed E-state index contributed by atoms with van der Waals surface area (Å²) in [6, 6.07) is 5.74. The van der Waals surface area contributed by atoms with Gasteiger partial charge in [0, 0.05) is 6.42 Å². The Labute approximate surface area is 107 Å². The maximum atomic E-state index is 11.8. The molecule has 4 nitrogen and oxygen atoms in total. The van der Waals surface area contributed by atoms with E-state index < -0.39 is 12.2 Å². The zero-order chi connectivity index (χ0) is 13.3. The molecule has 0 saturated heterocycles. The van der Waals surface area contributed by atoms with Gasteiger partial charge in [0.25, 0.3) is 0 Å². The molecule has 1 aliphatic rings. The number of aliphatic hydroxyl groups is 1. The summed E-state index contributed by atoms with van der Waals surface area (Å²) in [5.41, 5.74) is 3.06. The summed E-state index contributed by atoms with van der Waals surface area (Å²) in [4.78, 5) is 13.4. The van der Waals surface area contributed by atoms with Crippen molar-refractivity contribution < 1.29 is 14.6 Å². The van der Waals surface area contributed by atoms with Gasteiger partial charge in [-0.2, -0.15) is 0 Å². The number of hydrogen-bond donors (Lipinski definition) is 1. The van der Waals surface area contributed by atoms with E-state index in [-0.39, 0.29) is 6.04 Å². The zero-order valence-electron chi connectivity index (χ0n) is 11.0. The predicted molar refractivity (Wildman–Crippen MR) is 69.9 cm³/mol. The standard InChI is InChI=1S/C14H19NO3/c1-4-10-5-6-12-11(7-10)8-13(16)9(2)15(12)14(17)18-3/h5-7,9,13,16H,4,8H2,1-3H3. The summed E-state index contributed by atoms with van der Waals surface area (Å²) < 4.78 is 4.80. The van der Waals surface area contributed by atoms with Gasteiger partial charge in [0.1, 0.15) is 0 Å². The van der Waals surface area contributed by atoms with E-state index in [9.17, 15) is 9.90 Å². The fourth-order valence-electron chi connectivity index (χ4n) is 2.41. The van der Waals surface area contributed by atoms with E-state index in [0.29, 0.717) is 6.42 Å². The normalized spacial score (nSPS) is 22.6. The van der Waals surface area contributed by atoms with Crippen molar-refractivity contribution in [3.63, 3.8) is 0 Å². The second-order valence-electron chi connectivity index (χ2n) is 4.67. The number of hydrogen-bond acceptors (Lipinski definition) is 3. The van der Waals surface area contributed by atoms with Crippen LogP contribution in [0.15, 0.2) is 18.2 Å². The lowest BCUT2D eigenvalue weighted by molar-refractivity contribution is 0.128. The molecule has 2 rings (SSSR count). The molecule has 0 radical (unpaired) electrons. The van der Waals surface area contributed by atoms with E-state index in [1.54, 1.807) is 0 Å². The fraction of sp³-hybridized carbons (Fsp3) is 0.500. The summed E-state index contributed by atoms with van der Waals surface area (Å²) in [6.45, 7) is 3.92. The topological polar surface area (TPSA) is 49.8 Å². The summed E-state index contributed by atoms with van der Waals surface area (Å²) in [5.74, 6) is 0. The number of aliphatic hydroxyl groups excluding tert-OH is 1. The molecule has 4 heteroatoms. The average Bonchev–Trinajstić information content (AvgIpc) is 2.39. The molecule has 1 aliphatic heterocycles. The molecule has 0 spiro atoms. The second kappa shape index (κ2) is 4.98. The third-order valence-corrected chi connectivity index (χ3v) is 3.58. The molecule has 1 aromatic carbocycles. The maximum Gasteiger partial charge on any atom is 0.414 e. The van der Waals surface area contributed by atoms with Gasteiger partial charge in [0.2, 0.25) is 0 Å². The van der Waals surface area contributed by atoms with Crippen LogP contribution in [-0.4, -0.2) is 30.5 Å². The lowest BCUT2D eigenvalue weighted by Crippen LogP contribution is -2.49. The molecule has 2 unspecified atom stereocenters. The Morgan fingerprint density at radius 2 is 2.28 bits per heavy atom. The minimum atomic E-state index is -0.552. The molecule has 1 amide bonds. The first-order chi connectivity index (χ1) is 8.58. The second-order valence-corrected chi connectivity index (χ2v) is 4.67. The monoisotopic (exact) mass is 249 g/mol. The summed E-state index contributed by atoms with van der Waals surface area (Å²) in [5, 5.41) is 10.1. The molecular weight excluding hydrogens is 230 g/mol. The minimum Gasteiger partial charge on any atom is -0.452 e. The van der Waals surface area contributed by atoms with Gasteiger partial charge in [-0.15, -0.1) is 0 Å². The Morgan fingerprint density at radius 3 is 2.89 bits per heavy atom. The van der Waals surface area contributed by atoms with E-state index in [0.717, 1.165) is 17.7 Å². The Balaban J connectivity index is 2.46. The van der Waals surface area contributed by atoms with Gasteiger partial charge in [-0.1, -0.05) is 19.1 Å². The number of fused-ring (bicyclic) bond motifs is 1. The minimum absolute atomic E-state index is 0.266. The SMILES string of the molecule is CCc1ccc2c(c1)CC(O)C(C)N2C(=O)OC. The molecule has 98 valence electrons. The highest BCUT2D eigenvalue weighted by molar-refractivity contribution is 5.90. The van der Waals surface area contributed by atoms with E-state index in [1.165, 1.54) is 17.6 Å². The lowest BCUT2D eigenvalue weighted by atomic mass is 9.92. The highest BCUT2D eigenvalue weighted by Crippen LogP contribution is 2.32. The molecule has 0 aliphatic carbocycles. The largest absolute Gasteiger partial charge is 0.452 e. The lowest BCUT2D eigenvalue weighted by Gasteiger charge is -2.37. The highest BCUT2D eigenvalue weighted by atomic mass is 16.5. The van der Waals surface area contributed by atoms with Gasteiger partial charge in [-0.05, 0) is 30.5 Å². The quantitative estimate of drug-likeness (QED) is 0.829. The summed E-state index contributed by atoms with van der Waals surface area (Å²) in [7, 11) is 1.36. The number of amides is 1. The maximum absolute atomic E-state index is 11.8. The van der Waals surface area contributed by atoms with Crippen molar-refractivity contribution in [3.05, 3.63) is 29.3 Å².